The van der Waals surface area contributed by atoms with Gasteiger partial charge < -0.3 is 9.88 Å². The average Bonchev–Trinajstić information content (AvgIpc) is 3.16. The third kappa shape index (κ3) is 2.65. The minimum Gasteiger partial charge on any atom is -0.351 e. The Labute approximate surface area is 139 Å². The van der Waals surface area contributed by atoms with Crippen LogP contribution in [0.25, 0.3) is 10.9 Å². The number of benzene rings is 1. The van der Waals surface area contributed by atoms with E-state index in [4.69, 9.17) is 0 Å². The summed E-state index contributed by atoms with van der Waals surface area (Å²) in [7, 11) is 0. The van der Waals surface area contributed by atoms with Crippen LogP contribution < -0.4 is 0 Å². The Morgan fingerprint density at radius 3 is 3.13 bits per heavy atom. The van der Waals surface area contributed by atoms with Gasteiger partial charge in [-0.25, -0.2) is 4.98 Å². The number of hydrogen-bond donors (Lipinski definition) is 1. The smallest absolute Gasteiger partial charge is 0.270 e. The van der Waals surface area contributed by atoms with Crippen LogP contribution in [0.3, 0.4) is 0 Å². The molecule has 5 heteroatoms. The average molecular weight is 324 g/mol. The van der Waals surface area contributed by atoms with Crippen molar-refractivity contribution in [2.75, 3.05) is 6.54 Å². The number of nitrogens with zero attached hydrogens (tertiary/aromatic N) is 2. The van der Waals surface area contributed by atoms with Crippen LogP contribution >= 0.6 is 11.3 Å². The molecule has 4 rings (SSSR count). The first kappa shape index (κ1) is 14.5. The van der Waals surface area contributed by atoms with Crippen LogP contribution in [0.5, 0.6) is 0 Å². The summed E-state index contributed by atoms with van der Waals surface area (Å²) in [6.07, 6.45) is 3.98. The van der Waals surface area contributed by atoms with Crippen molar-refractivity contribution in [3.8, 4) is 0 Å². The molecule has 1 N–H and O–H groups in total. The Bertz CT molecular complexity index is 831. The van der Waals surface area contributed by atoms with E-state index in [1.54, 1.807) is 11.3 Å². The summed E-state index contributed by atoms with van der Waals surface area (Å²) >= 11 is 1.71. The minimum atomic E-state index is 0.0706. The number of thiazole rings is 1. The monoisotopic (exact) mass is 324 g/mol. The number of aromatic amines is 1. The van der Waals surface area contributed by atoms with Gasteiger partial charge in [0.2, 0.25) is 0 Å². The molecule has 1 aromatic carbocycles. The molecule has 0 fully saturated rings. The van der Waals surface area contributed by atoms with Gasteiger partial charge >= 0.3 is 0 Å². The van der Waals surface area contributed by atoms with Gasteiger partial charge in [0, 0.05) is 35.2 Å². The van der Waals surface area contributed by atoms with Gasteiger partial charge in [-0.05, 0) is 18.6 Å². The lowest BCUT2D eigenvalue weighted by Gasteiger charge is -2.25. The highest BCUT2D eigenvalue weighted by Gasteiger charge is 2.25. The first-order valence-electron chi connectivity index (χ1n) is 7.93. The second kappa shape index (κ2) is 5.81. The molecule has 1 radical (unpaired) electrons. The van der Waals surface area contributed by atoms with E-state index in [9.17, 15) is 4.79 Å². The highest BCUT2D eigenvalue weighted by atomic mass is 32.1. The van der Waals surface area contributed by atoms with Crippen molar-refractivity contribution >= 4 is 28.1 Å². The van der Waals surface area contributed by atoms with Gasteiger partial charge in [-0.2, -0.15) is 0 Å². The van der Waals surface area contributed by atoms with Crippen LogP contribution in [0.15, 0.2) is 30.3 Å². The number of amides is 1. The van der Waals surface area contributed by atoms with Crippen LogP contribution in [0.1, 0.15) is 39.4 Å². The van der Waals surface area contributed by atoms with Crippen LogP contribution in [0.2, 0.25) is 0 Å². The molecule has 0 unspecified atom stereocenters. The van der Waals surface area contributed by atoms with E-state index in [1.807, 2.05) is 35.2 Å². The second-order valence-electron chi connectivity index (χ2n) is 5.78. The van der Waals surface area contributed by atoms with Crippen molar-refractivity contribution in [2.45, 2.75) is 26.3 Å². The topological polar surface area (TPSA) is 49.0 Å². The van der Waals surface area contributed by atoms with Crippen LogP contribution in [0, 0.1) is 6.42 Å². The van der Waals surface area contributed by atoms with E-state index in [0.29, 0.717) is 12.2 Å². The fraction of sp³-hybridized carbons (Fsp3) is 0.278. The molecule has 0 saturated carbocycles. The van der Waals surface area contributed by atoms with Crippen molar-refractivity contribution in [2.24, 2.45) is 0 Å². The van der Waals surface area contributed by atoms with Crippen LogP contribution in [-0.4, -0.2) is 27.3 Å². The van der Waals surface area contributed by atoms with E-state index in [1.165, 1.54) is 4.88 Å². The van der Waals surface area contributed by atoms with E-state index < -0.39 is 0 Å². The SMILES string of the molecule is CC[CH]c1nc2c(s1)CN(C(=O)c1cc3ccccc3[nH]1)CC2. The Kier molecular flexibility index (Phi) is 3.65. The number of rotatable bonds is 3. The summed E-state index contributed by atoms with van der Waals surface area (Å²) < 4.78 is 0. The predicted octanol–water partition coefficient (Wildman–Crippen LogP) is 3.79. The molecular formula is C18H18N3OS. The predicted molar refractivity (Wildman–Crippen MR) is 92.6 cm³/mol. The van der Waals surface area contributed by atoms with E-state index in [-0.39, 0.29) is 5.91 Å². The molecule has 0 atom stereocenters. The Balaban J connectivity index is 1.57. The maximum absolute atomic E-state index is 12.8. The fourth-order valence-electron chi connectivity index (χ4n) is 3.01. The largest absolute Gasteiger partial charge is 0.351 e. The van der Waals surface area contributed by atoms with Gasteiger partial charge in [-0.1, -0.05) is 25.1 Å². The molecule has 1 amide bonds. The highest BCUT2D eigenvalue weighted by Crippen LogP contribution is 2.27. The number of nitrogens with one attached hydrogen (secondary N) is 1. The summed E-state index contributed by atoms with van der Waals surface area (Å²) in [6.45, 7) is 3.52. The molecule has 0 aliphatic carbocycles. The molecule has 0 bridgehead atoms. The van der Waals surface area contributed by atoms with Gasteiger partial charge in [0.1, 0.15) is 5.69 Å². The van der Waals surface area contributed by atoms with Gasteiger partial charge in [-0.3, -0.25) is 4.79 Å². The van der Waals surface area contributed by atoms with Crippen molar-refractivity contribution in [3.05, 3.63) is 58.0 Å². The molecular weight excluding hydrogens is 306 g/mol. The summed E-state index contributed by atoms with van der Waals surface area (Å²) in [6, 6.07) is 9.92. The molecule has 0 spiro atoms. The molecule has 23 heavy (non-hydrogen) atoms. The van der Waals surface area contributed by atoms with Crippen molar-refractivity contribution in [1.29, 1.82) is 0 Å². The van der Waals surface area contributed by atoms with Gasteiger partial charge in [0.05, 0.1) is 17.2 Å². The summed E-state index contributed by atoms with van der Waals surface area (Å²) in [5, 5.41) is 2.16. The van der Waals surface area contributed by atoms with E-state index >= 15 is 0 Å². The Hall–Kier alpha value is -2.14. The lowest BCUT2D eigenvalue weighted by atomic mass is 10.1. The van der Waals surface area contributed by atoms with E-state index in [0.717, 1.165) is 41.0 Å². The minimum absolute atomic E-state index is 0.0706. The maximum Gasteiger partial charge on any atom is 0.270 e. The summed E-state index contributed by atoms with van der Waals surface area (Å²) in [4.78, 5) is 23.8. The normalized spacial score (nSPS) is 14.2. The highest BCUT2D eigenvalue weighted by molar-refractivity contribution is 7.12. The number of aromatic nitrogens is 2. The zero-order chi connectivity index (χ0) is 15.8. The van der Waals surface area contributed by atoms with Gasteiger partial charge in [0.25, 0.3) is 5.91 Å². The molecule has 117 valence electrons. The van der Waals surface area contributed by atoms with Crippen LogP contribution in [-0.2, 0) is 13.0 Å². The number of carbonyl (C=O) groups excluding carboxylic acids is 1. The first-order valence-corrected chi connectivity index (χ1v) is 8.75. The third-order valence-electron chi connectivity index (χ3n) is 4.17. The van der Waals surface area contributed by atoms with Crippen molar-refractivity contribution < 1.29 is 4.79 Å². The quantitative estimate of drug-likeness (QED) is 0.797. The molecule has 2 aromatic heterocycles. The maximum atomic E-state index is 12.8. The lowest BCUT2D eigenvalue weighted by molar-refractivity contribution is 0.0731. The summed E-state index contributed by atoms with van der Waals surface area (Å²) in [5.74, 6) is 0.0706. The molecule has 3 heterocycles. The standard InChI is InChI=1S/C18H18N3OS/c1-2-5-17-20-14-8-9-21(11-16(14)23-17)18(22)15-10-12-6-3-4-7-13(12)19-15/h3-7,10,19H,2,8-9,11H2,1H3. The zero-order valence-electron chi connectivity index (χ0n) is 13.0. The van der Waals surface area contributed by atoms with Crippen LogP contribution in [0.4, 0.5) is 0 Å². The van der Waals surface area contributed by atoms with Crippen molar-refractivity contribution in [1.82, 2.24) is 14.9 Å². The third-order valence-corrected chi connectivity index (χ3v) is 5.25. The molecule has 1 aliphatic heterocycles. The van der Waals surface area contributed by atoms with E-state index in [2.05, 4.69) is 23.3 Å². The first-order chi connectivity index (χ1) is 11.2. The Morgan fingerprint density at radius 1 is 1.43 bits per heavy atom. The molecule has 4 nitrogen and oxygen atoms in total. The molecule has 1 aliphatic rings. The number of fused-ring (bicyclic) bond motifs is 2. The number of carbonyl (C=O) groups is 1. The lowest BCUT2D eigenvalue weighted by Crippen LogP contribution is -2.35. The Morgan fingerprint density at radius 2 is 2.30 bits per heavy atom. The molecule has 3 aromatic rings. The fourth-order valence-corrected chi connectivity index (χ4v) is 4.15. The van der Waals surface area contributed by atoms with Gasteiger partial charge in [-0.15, -0.1) is 11.3 Å². The number of hydrogen-bond acceptors (Lipinski definition) is 3. The number of H-pyrrole nitrogens is 1. The van der Waals surface area contributed by atoms with Gasteiger partial charge in [0.15, 0.2) is 0 Å². The van der Waals surface area contributed by atoms with Crippen molar-refractivity contribution in [3.63, 3.8) is 0 Å². The zero-order valence-corrected chi connectivity index (χ0v) is 13.8. The summed E-state index contributed by atoms with van der Waals surface area (Å²) in [5.41, 5.74) is 2.83. The molecule has 0 saturated heterocycles. The second-order valence-corrected chi connectivity index (χ2v) is 6.90. The number of para-hydroxylation sites is 1.